The summed E-state index contributed by atoms with van der Waals surface area (Å²) in [4.78, 5) is 25.8. The number of thioether (sulfide) groups is 1. The molecular formula is C10H18N4O2S. The van der Waals surface area contributed by atoms with Gasteiger partial charge >= 0.3 is 11.1 Å². The first-order chi connectivity index (χ1) is 8.04. The van der Waals surface area contributed by atoms with Gasteiger partial charge in [0, 0.05) is 12.8 Å². The molecule has 0 fully saturated rings. The molecule has 0 radical (unpaired) electrons. The predicted octanol–water partition coefficient (Wildman–Crippen LogP) is -0.194. The van der Waals surface area contributed by atoms with Crippen LogP contribution in [-0.4, -0.2) is 33.6 Å². The highest BCUT2D eigenvalue weighted by Gasteiger charge is 2.07. The van der Waals surface area contributed by atoms with Crippen LogP contribution in [0, 0.1) is 5.92 Å². The van der Waals surface area contributed by atoms with Gasteiger partial charge in [-0.25, -0.2) is 0 Å². The Morgan fingerprint density at radius 3 is 2.88 bits per heavy atom. The van der Waals surface area contributed by atoms with Gasteiger partial charge in [0.05, 0.1) is 0 Å². The van der Waals surface area contributed by atoms with Crippen molar-refractivity contribution in [2.45, 2.75) is 19.0 Å². The number of nitrogens with one attached hydrogen (secondary N) is 2. The van der Waals surface area contributed by atoms with Crippen LogP contribution in [0.15, 0.2) is 14.7 Å². The van der Waals surface area contributed by atoms with Crippen LogP contribution in [0.2, 0.25) is 0 Å². The van der Waals surface area contributed by atoms with Crippen LogP contribution in [-0.2, 0) is 7.05 Å². The zero-order valence-corrected chi connectivity index (χ0v) is 11.1. The van der Waals surface area contributed by atoms with Crippen molar-refractivity contribution in [1.29, 1.82) is 0 Å². The maximum Gasteiger partial charge on any atom is 0.339 e. The highest BCUT2D eigenvalue weighted by molar-refractivity contribution is 7.99. The smallest absolute Gasteiger partial charge is 0.317 e. The Hall–Kier alpha value is -1.08. The predicted molar refractivity (Wildman–Crippen MR) is 68.5 cm³/mol. The van der Waals surface area contributed by atoms with Gasteiger partial charge in [-0.1, -0.05) is 25.6 Å². The van der Waals surface area contributed by atoms with E-state index in [2.05, 4.69) is 29.2 Å². The molecule has 1 aromatic heterocycles. The summed E-state index contributed by atoms with van der Waals surface area (Å²) in [6.07, 6.45) is 0. The summed E-state index contributed by atoms with van der Waals surface area (Å²) in [7, 11) is 1.67. The summed E-state index contributed by atoms with van der Waals surface area (Å²) in [5, 5.41) is 6.22. The van der Waals surface area contributed by atoms with E-state index in [1.807, 2.05) is 0 Å². The van der Waals surface area contributed by atoms with Crippen molar-refractivity contribution in [3.8, 4) is 0 Å². The number of aromatic nitrogens is 3. The van der Waals surface area contributed by atoms with Gasteiger partial charge in [-0.2, -0.15) is 4.98 Å². The van der Waals surface area contributed by atoms with E-state index in [1.54, 1.807) is 7.05 Å². The first-order valence-corrected chi connectivity index (χ1v) is 6.54. The molecule has 7 heteroatoms. The highest BCUT2D eigenvalue weighted by Crippen LogP contribution is 2.15. The lowest BCUT2D eigenvalue weighted by atomic mass is 10.2. The fourth-order valence-corrected chi connectivity index (χ4v) is 2.19. The molecule has 1 unspecified atom stereocenters. The van der Waals surface area contributed by atoms with E-state index in [1.165, 1.54) is 16.4 Å². The van der Waals surface area contributed by atoms with Crippen LogP contribution in [0.5, 0.6) is 0 Å². The lowest BCUT2D eigenvalue weighted by molar-refractivity contribution is 0.567. The van der Waals surface area contributed by atoms with E-state index in [-0.39, 0.29) is 0 Å². The lowest BCUT2D eigenvalue weighted by Crippen LogP contribution is -2.34. The van der Waals surface area contributed by atoms with Crippen molar-refractivity contribution >= 4 is 11.8 Å². The number of aromatic amines is 1. The summed E-state index contributed by atoms with van der Waals surface area (Å²) in [6, 6.07) is 0. The molecule has 0 aliphatic heterocycles. The first-order valence-electron chi connectivity index (χ1n) is 5.55. The monoisotopic (exact) mass is 258 g/mol. The minimum atomic E-state index is -0.732. The number of hydrogen-bond acceptors (Lipinski definition) is 5. The highest BCUT2D eigenvalue weighted by atomic mass is 32.2. The maximum absolute atomic E-state index is 11.1. The number of hydrogen-bond donors (Lipinski definition) is 2. The van der Waals surface area contributed by atoms with Gasteiger partial charge in [-0.3, -0.25) is 19.4 Å². The standard InChI is InChI=1S/C10H18N4O2S/c1-4-11-5-7(2)6-17-10-12-8(15)9(16)13-14(10)3/h7,11H,4-6H2,1-3H3,(H,13,16). The number of rotatable bonds is 6. The Morgan fingerprint density at radius 1 is 1.53 bits per heavy atom. The molecule has 0 aromatic carbocycles. The van der Waals surface area contributed by atoms with E-state index in [0.717, 1.165) is 18.8 Å². The molecule has 96 valence electrons. The largest absolute Gasteiger partial charge is 0.339 e. The molecule has 1 heterocycles. The molecule has 0 bridgehead atoms. The molecule has 0 saturated heterocycles. The normalized spacial score (nSPS) is 12.6. The van der Waals surface area contributed by atoms with Gasteiger partial charge in [-0.05, 0) is 19.0 Å². The summed E-state index contributed by atoms with van der Waals surface area (Å²) in [5.74, 6) is 1.32. The zero-order valence-electron chi connectivity index (χ0n) is 10.3. The number of H-pyrrole nitrogens is 1. The summed E-state index contributed by atoms with van der Waals surface area (Å²) in [6.45, 7) is 6.07. The third kappa shape index (κ3) is 4.35. The second-order valence-electron chi connectivity index (χ2n) is 3.92. The van der Waals surface area contributed by atoms with Crippen LogP contribution in [0.25, 0.3) is 0 Å². The summed E-state index contributed by atoms with van der Waals surface area (Å²) >= 11 is 1.47. The van der Waals surface area contributed by atoms with E-state index in [4.69, 9.17) is 0 Å². The number of aryl methyl sites for hydroxylation is 1. The first kappa shape index (κ1) is 14.0. The fourth-order valence-electron chi connectivity index (χ4n) is 1.26. The Balaban J connectivity index is 2.60. The van der Waals surface area contributed by atoms with Gasteiger partial charge in [0.25, 0.3) is 0 Å². The molecule has 2 N–H and O–H groups in total. The van der Waals surface area contributed by atoms with Crippen LogP contribution >= 0.6 is 11.8 Å². The Labute approximate surface area is 104 Å². The molecule has 1 aromatic rings. The minimum Gasteiger partial charge on any atom is -0.317 e. The van der Waals surface area contributed by atoms with Crippen molar-refractivity contribution in [2.75, 3.05) is 18.8 Å². The minimum absolute atomic E-state index is 0.476. The third-order valence-corrected chi connectivity index (χ3v) is 3.55. The molecule has 1 rings (SSSR count). The van der Waals surface area contributed by atoms with E-state index < -0.39 is 11.1 Å². The Kier molecular flexibility index (Phi) is 5.43. The van der Waals surface area contributed by atoms with Crippen LogP contribution < -0.4 is 16.4 Å². The molecule has 17 heavy (non-hydrogen) atoms. The van der Waals surface area contributed by atoms with Gasteiger partial charge < -0.3 is 5.32 Å². The van der Waals surface area contributed by atoms with E-state index >= 15 is 0 Å². The Morgan fingerprint density at radius 2 is 2.24 bits per heavy atom. The van der Waals surface area contributed by atoms with Crippen LogP contribution in [0.1, 0.15) is 13.8 Å². The van der Waals surface area contributed by atoms with E-state index in [9.17, 15) is 9.59 Å². The van der Waals surface area contributed by atoms with Crippen LogP contribution in [0.4, 0.5) is 0 Å². The molecule has 0 spiro atoms. The zero-order chi connectivity index (χ0) is 12.8. The van der Waals surface area contributed by atoms with Crippen molar-refractivity contribution in [1.82, 2.24) is 20.1 Å². The third-order valence-electron chi connectivity index (χ3n) is 2.19. The fraction of sp³-hybridized carbons (Fsp3) is 0.700. The van der Waals surface area contributed by atoms with Gasteiger partial charge in [0.15, 0.2) is 5.16 Å². The average Bonchev–Trinajstić information content (AvgIpc) is 2.29. The quantitative estimate of drug-likeness (QED) is 0.546. The van der Waals surface area contributed by atoms with Gasteiger partial charge in [0.1, 0.15) is 0 Å². The van der Waals surface area contributed by atoms with E-state index in [0.29, 0.717) is 11.1 Å². The second kappa shape index (κ2) is 6.61. The Bertz CT molecular complexity index is 468. The van der Waals surface area contributed by atoms with Crippen molar-refractivity contribution in [2.24, 2.45) is 13.0 Å². The van der Waals surface area contributed by atoms with Gasteiger partial charge in [-0.15, -0.1) is 0 Å². The van der Waals surface area contributed by atoms with Crippen LogP contribution in [0.3, 0.4) is 0 Å². The molecule has 1 atom stereocenters. The summed E-state index contributed by atoms with van der Waals surface area (Å²) in [5.41, 5.74) is -1.41. The molecule has 0 aliphatic rings. The summed E-state index contributed by atoms with van der Waals surface area (Å²) < 4.78 is 1.48. The van der Waals surface area contributed by atoms with Crippen molar-refractivity contribution < 1.29 is 0 Å². The van der Waals surface area contributed by atoms with Crippen molar-refractivity contribution in [3.05, 3.63) is 20.7 Å². The SMILES string of the molecule is CCNCC(C)CSc1nc(=O)c(=O)[nH]n1C. The number of nitrogens with zero attached hydrogens (tertiary/aromatic N) is 2. The molecule has 0 saturated carbocycles. The molecule has 6 nitrogen and oxygen atoms in total. The lowest BCUT2D eigenvalue weighted by Gasteiger charge is -2.11. The maximum atomic E-state index is 11.1. The molecule has 0 amide bonds. The van der Waals surface area contributed by atoms with Crippen molar-refractivity contribution in [3.63, 3.8) is 0 Å². The second-order valence-corrected chi connectivity index (χ2v) is 4.91. The van der Waals surface area contributed by atoms with Gasteiger partial charge in [0.2, 0.25) is 0 Å². The molecular weight excluding hydrogens is 240 g/mol. The topological polar surface area (TPSA) is 79.8 Å². The molecule has 0 aliphatic carbocycles. The average molecular weight is 258 g/mol.